The first-order valence-electron chi connectivity index (χ1n) is 7.05. The van der Waals surface area contributed by atoms with Crippen LogP contribution in [0, 0.1) is 0 Å². The first-order valence-corrected chi connectivity index (χ1v) is 7.05. The lowest BCUT2D eigenvalue weighted by Gasteiger charge is -2.21. The van der Waals surface area contributed by atoms with Gasteiger partial charge < -0.3 is 20.1 Å². The Morgan fingerprint density at radius 2 is 2.32 bits per heavy atom. The van der Waals surface area contributed by atoms with Crippen molar-refractivity contribution in [1.29, 1.82) is 0 Å². The average molecular weight is 264 g/mol. The van der Waals surface area contributed by atoms with Gasteiger partial charge in [0.15, 0.2) is 11.5 Å². The highest BCUT2D eigenvalue weighted by atomic mass is 16.5. The number of rotatable bonds is 6. The van der Waals surface area contributed by atoms with Crippen LogP contribution in [0.15, 0.2) is 18.2 Å². The normalized spacial score (nSPS) is 19.0. The molecule has 1 aromatic rings. The number of hydrogen-bond acceptors (Lipinski definition) is 4. The molecule has 106 valence electrons. The number of likely N-dealkylation sites (N-methyl/N-ethyl adjacent to an activating group) is 1. The predicted octanol–water partition coefficient (Wildman–Crippen LogP) is 1.97. The lowest BCUT2D eigenvalue weighted by atomic mass is 10.1. The maximum atomic E-state index is 9.68. The van der Waals surface area contributed by atoms with Crippen molar-refractivity contribution in [2.24, 2.45) is 0 Å². The van der Waals surface area contributed by atoms with Gasteiger partial charge in [-0.3, -0.25) is 0 Å². The molecule has 4 nitrogen and oxygen atoms in total. The molecule has 1 aromatic carbocycles. The summed E-state index contributed by atoms with van der Waals surface area (Å²) < 4.78 is 5.41. The van der Waals surface area contributed by atoms with E-state index in [2.05, 4.69) is 17.3 Å². The second kappa shape index (κ2) is 6.78. The number of benzene rings is 1. The predicted molar refractivity (Wildman–Crippen MR) is 76.6 cm³/mol. The quantitative estimate of drug-likeness (QED) is 0.824. The Morgan fingerprint density at radius 3 is 3.00 bits per heavy atom. The number of phenolic OH excluding ortho intramolecular Hbond substituents is 1. The molecule has 1 atom stereocenters. The molecule has 0 aromatic heterocycles. The fraction of sp³-hybridized carbons (Fsp3) is 0.600. The van der Waals surface area contributed by atoms with Gasteiger partial charge in [0.05, 0.1) is 6.61 Å². The Hall–Kier alpha value is -1.26. The molecule has 1 aliphatic rings. The fourth-order valence-corrected chi connectivity index (χ4v) is 2.59. The van der Waals surface area contributed by atoms with Crippen molar-refractivity contribution in [3.05, 3.63) is 23.8 Å². The lowest BCUT2D eigenvalue weighted by Crippen LogP contribution is -2.34. The first kappa shape index (κ1) is 14.2. The van der Waals surface area contributed by atoms with E-state index in [0.717, 1.165) is 19.6 Å². The number of ether oxygens (including phenoxy) is 1. The van der Waals surface area contributed by atoms with Crippen LogP contribution in [-0.2, 0) is 6.54 Å². The van der Waals surface area contributed by atoms with Gasteiger partial charge in [-0.15, -0.1) is 0 Å². The zero-order chi connectivity index (χ0) is 13.7. The van der Waals surface area contributed by atoms with Crippen molar-refractivity contribution in [2.75, 3.05) is 26.7 Å². The number of nitrogens with zero attached hydrogens (tertiary/aromatic N) is 1. The van der Waals surface area contributed by atoms with Crippen LogP contribution in [0.4, 0.5) is 0 Å². The van der Waals surface area contributed by atoms with Gasteiger partial charge in [0.1, 0.15) is 0 Å². The minimum atomic E-state index is 0.214. The van der Waals surface area contributed by atoms with E-state index in [1.807, 2.05) is 19.1 Å². The van der Waals surface area contributed by atoms with E-state index in [0.29, 0.717) is 18.4 Å². The van der Waals surface area contributed by atoms with Crippen LogP contribution in [0.25, 0.3) is 0 Å². The molecule has 0 radical (unpaired) electrons. The molecule has 1 fully saturated rings. The Morgan fingerprint density at radius 1 is 1.47 bits per heavy atom. The van der Waals surface area contributed by atoms with Gasteiger partial charge >= 0.3 is 0 Å². The zero-order valence-corrected chi connectivity index (χ0v) is 11.9. The highest BCUT2D eigenvalue weighted by Gasteiger charge is 2.16. The Balaban J connectivity index is 1.92. The van der Waals surface area contributed by atoms with E-state index in [1.54, 1.807) is 6.07 Å². The Kier molecular flexibility index (Phi) is 5.05. The lowest BCUT2D eigenvalue weighted by molar-refractivity contribution is 0.290. The third kappa shape index (κ3) is 4.11. The molecule has 1 saturated heterocycles. The van der Waals surface area contributed by atoms with Crippen LogP contribution < -0.4 is 10.1 Å². The summed E-state index contributed by atoms with van der Waals surface area (Å²) in [5, 5.41) is 13.2. The van der Waals surface area contributed by atoms with Crippen LogP contribution >= 0.6 is 0 Å². The summed E-state index contributed by atoms with van der Waals surface area (Å²) in [5.74, 6) is 0.790. The van der Waals surface area contributed by atoms with E-state index in [9.17, 15) is 5.11 Å². The number of nitrogens with one attached hydrogen (secondary N) is 1. The van der Waals surface area contributed by atoms with E-state index >= 15 is 0 Å². The maximum absolute atomic E-state index is 9.68. The number of aromatic hydroxyl groups is 1. The molecule has 0 spiro atoms. The average Bonchev–Trinajstić information content (AvgIpc) is 2.86. The van der Waals surface area contributed by atoms with Gasteiger partial charge in [-0.2, -0.15) is 0 Å². The molecule has 1 heterocycles. The van der Waals surface area contributed by atoms with E-state index < -0.39 is 0 Å². The molecule has 19 heavy (non-hydrogen) atoms. The largest absolute Gasteiger partial charge is 0.504 e. The molecule has 0 bridgehead atoms. The third-order valence-electron chi connectivity index (χ3n) is 3.47. The topological polar surface area (TPSA) is 44.7 Å². The maximum Gasteiger partial charge on any atom is 0.161 e. The SMILES string of the molecule is CCOc1cc(CN(C)CC2CCCN2)ccc1O. The number of hydrogen-bond donors (Lipinski definition) is 2. The minimum absolute atomic E-state index is 0.214. The molecular weight excluding hydrogens is 240 g/mol. The van der Waals surface area contributed by atoms with Crippen LogP contribution in [0.2, 0.25) is 0 Å². The summed E-state index contributed by atoms with van der Waals surface area (Å²) in [7, 11) is 2.13. The van der Waals surface area contributed by atoms with Crippen molar-refractivity contribution in [1.82, 2.24) is 10.2 Å². The molecule has 0 saturated carbocycles. The van der Waals surface area contributed by atoms with Gasteiger partial charge in [0, 0.05) is 19.1 Å². The van der Waals surface area contributed by atoms with Crippen molar-refractivity contribution >= 4 is 0 Å². The summed E-state index contributed by atoms with van der Waals surface area (Å²) in [5.41, 5.74) is 1.17. The van der Waals surface area contributed by atoms with Crippen molar-refractivity contribution < 1.29 is 9.84 Å². The molecule has 4 heteroatoms. The summed E-state index contributed by atoms with van der Waals surface area (Å²) in [6.45, 7) is 5.57. The van der Waals surface area contributed by atoms with Crippen LogP contribution in [0.3, 0.4) is 0 Å². The molecular formula is C15H24N2O2. The molecule has 0 aliphatic carbocycles. The van der Waals surface area contributed by atoms with Crippen LogP contribution in [0.1, 0.15) is 25.3 Å². The monoisotopic (exact) mass is 264 g/mol. The van der Waals surface area contributed by atoms with Crippen LogP contribution in [0.5, 0.6) is 11.5 Å². The number of phenols is 1. The second-order valence-corrected chi connectivity index (χ2v) is 5.23. The van der Waals surface area contributed by atoms with E-state index in [4.69, 9.17) is 4.74 Å². The summed E-state index contributed by atoms with van der Waals surface area (Å²) in [6, 6.07) is 6.21. The van der Waals surface area contributed by atoms with Crippen molar-refractivity contribution in [2.45, 2.75) is 32.4 Å². The minimum Gasteiger partial charge on any atom is -0.504 e. The summed E-state index contributed by atoms with van der Waals surface area (Å²) in [6.07, 6.45) is 2.55. The summed E-state index contributed by atoms with van der Waals surface area (Å²) >= 11 is 0. The first-order chi connectivity index (χ1) is 9.19. The fourth-order valence-electron chi connectivity index (χ4n) is 2.59. The van der Waals surface area contributed by atoms with Crippen molar-refractivity contribution in [3.63, 3.8) is 0 Å². The van der Waals surface area contributed by atoms with E-state index in [1.165, 1.54) is 18.4 Å². The molecule has 2 N–H and O–H groups in total. The van der Waals surface area contributed by atoms with Gasteiger partial charge in [0.25, 0.3) is 0 Å². The smallest absolute Gasteiger partial charge is 0.161 e. The van der Waals surface area contributed by atoms with Gasteiger partial charge in [-0.1, -0.05) is 6.07 Å². The Bertz CT molecular complexity index is 403. The standard InChI is InChI=1S/C15H24N2O2/c1-3-19-15-9-12(6-7-14(15)18)10-17(2)11-13-5-4-8-16-13/h6-7,9,13,16,18H,3-5,8,10-11H2,1-2H3. The van der Waals surface area contributed by atoms with Gasteiger partial charge in [-0.05, 0) is 51.1 Å². The van der Waals surface area contributed by atoms with Crippen LogP contribution in [-0.4, -0.2) is 42.8 Å². The van der Waals surface area contributed by atoms with Gasteiger partial charge in [0.2, 0.25) is 0 Å². The summed E-state index contributed by atoms with van der Waals surface area (Å²) in [4.78, 5) is 2.31. The highest BCUT2D eigenvalue weighted by Crippen LogP contribution is 2.27. The van der Waals surface area contributed by atoms with E-state index in [-0.39, 0.29) is 5.75 Å². The van der Waals surface area contributed by atoms with Crippen molar-refractivity contribution in [3.8, 4) is 11.5 Å². The molecule has 2 rings (SSSR count). The molecule has 1 aliphatic heterocycles. The third-order valence-corrected chi connectivity index (χ3v) is 3.47. The molecule has 0 amide bonds. The Labute approximate surface area is 115 Å². The zero-order valence-electron chi connectivity index (χ0n) is 11.9. The highest BCUT2D eigenvalue weighted by molar-refractivity contribution is 5.41. The van der Waals surface area contributed by atoms with Gasteiger partial charge in [-0.25, -0.2) is 0 Å². The second-order valence-electron chi connectivity index (χ2n) is 5.23. The molecule has 1 unspecified atom stereocenters.